The van der Waals surface area contributed by atoms with E-state index in [9.17, 15) is 4.79 Å². The number of aromatic nitrogens is 1. The summed E-state index contributed by atoms with van der Waals surface area (Å²) < 4.78 is 2.44. The summed E-state index contributed by atoms with van der Waals surface area (Å²) >= 11 is 0. The Balaban J connectivity index is 1.81. The molecule has 18 heavy (non-hydrogen) atoms. The van der Waals surface area contributed by atoms with Crippen molar-refractivity contribution < 1.29 is 0 Å². The van der Waals surface area contributed by atoms with Gasteiger partial charge in [-0.2, -0.15) is 0 Å². The third-order valence-corrected chi connectivity index (χ3v) is 5.64. The van der Waals surface area contributed by atoms with E-state index in [2.05, 4.69) is 17.7 Å². The molecule has 0 unspecified atom stereocenters. The minimum Gasteiger partial charge on any atom is -0.345 e. The SMILES string of the molecule is Cc1cc(=O)ccn1C12CC3CC(CC(C3)C1)C2. The van der Waals surface area contributed by atoms with Gasteiger partial charge in [-0.3, -0.25) is 4.79 Å². The summed E-state index contributed by atoms with van der Waals surface area (Å²) in [5, 5.41) is 0. The van der Waals surface area contributed by atoms with Crippen LogP contribution in [-0.4, -0.2) is 4.57 Å². The molecule has 2 nitrogen and oxygen atoms in total. The lowest BCUT2D eigenvalue weighted by Crippen LogP contribution is -2.52. The number of hydrogen-bond acceptors (Lipinski definition) is 1. The van der Waals surface area contributed by atoms with Crippen molar-refractivity contribution in [1.82, 2.24) is 4.57 Å². The predicted molar refractivity (Wildman–Crippen MR) is 71.6 cm³/mol. The zero-order chi connectivity index (χ0) is 12.3. The van der Waals surface area contributed by atoms with E-state index in [-0.39, 0.29) is 5.43 Å². The Morgan fingerprint density at radius 1 is 1.11 bits per heavy atom. The number of pyridine rings is 1. The maximum absolute atomic E-state index is 11.5. The fourth-order valence-electron chi connectivity index (χ4n) is 5.48. The lowest BCUT2D eigenvalue weighted by Gasteiger charge is -2.58. The molecule has 0 atom stereocenters. The first-order valence-corrected chi connectivity index (χ1v) is 7.34. The minimum atomic E-state index is 0.147. The molecule has 1 heterocycles. The molecule has 4 bridgehead atoms. The van der Waals surface area contributed by atoms with Crippen LogP contribution in [-0.2, 0) is 5.54 Å². The Labute approximate surface area is 108 Å². The third kappa shape index (κ3) is 1.44. The maximum atomic E-state index is 11.5. The van der Waals surface area contributed by atoms with Crippen LogP contribution in [0.1, 0.15) is 44.2 Å². The number of aryl methyl sites for hydroxylation is 1. The van der Waals surface area contributed by atoms with Gasteiger partial charge in [0.15, 0.2) is 5.43 Å². The molecule has 4 aliphatic carbocycles. The summed E-state index contributed by atoms with van der Waals surface area (Å²) in [7, 11) is 0. The predicted octanol–water partition coefficient (Wildman–Crippen LogP) is 3.08. The molecule has 0 aromatic carbocycles. The summed E-state index contributed by atoms with van der Waals surface area (Å²) in [6.07, 6.45) is 10.5. The molecule has 0 N–H and O–H groups in total. The van der Waals surface area contributed by atoms with Gasteiger partial charge in [-0.25, -0.2) is 0 Å². The number of rotatable bonds is 1. The molecule has 0 saturated heterocycles. The second-order valence-corrected chi connectivity index (χ2v) is 7.02. The van der Waals surface area contributed by atoms with Gasteiger partial charge in [0.2, 0.25) is 0 Å². The quantitative estimate of drug-likeness (QED) is 0.743. The van der Waals surface area contributed by atoms with Crippen molar-refractivity contribution >= 4 is 0 Å². The summed E-state index contributed by atoms with van der Waals surface area (Å²) in [5.74, 6) is 2.86. The van der Waals surface area contributed by atoms with Crippen molar-refractivity contribution in [2.24, 2.45) is 17.8 Å². The molecular weight excluding hydrogens is 222 g/mol. The molecule has 1 aromatic rings. The van der Waals surface area contributed by atoms with Gasteiger partial charge in [-0.05, 0) is 63.2 Å². The highest BCUT2D eigenvalue weighted by molar-refractivity contribution is 5.13. The maximum Gasteiger partial charge on any atom is 0.181 e. The number of nitrogens with zero attached hydrogens (tertiary/aromatic N) is 1. The van der Waals surface area contributed by atoms with Crippen LogP contribution in [0.15, 0.2) is 23.1 Å². The van der Waals surface area contributed by atoms with E-state index in [0.717, 1.165) is 23.4 Å². The van der Waals surface area contributed by atoms with Gasteiger partial charge in [0.25, 0.3) is 0 Å². The van der Waals surface area contributed by atoms with E-state index in [1.807, 2.05) is 0 Å². The first-order valence-electron chi connectivity index (χ1n) is 7.34. The van der Waals surface area contributed by atoms with E-state index >= 15 is 0 Å². The summed E-state index contributed by atoms with van der Waals surface area (Å²) in [4.78, 5) is 11.5. The summed E-state index contributed by atoms with van der Waals surface area (Å²) in [6.45, 7) is 2.10. The highest BCUT2D eigenvalue weighted by atomic mass is 16.1. The van der Waals surface area contributed by atoms with Crippen molar-refractivity contribution in [1.29, 1.82) is 0 Å². The van der Waals surface area contributed by atoms with E-state index in [0.29, 0.717) is 5.54 Å². The second kappa shape index (κ2) is 3.49. The van der Waals surface area contributed by atoms with Crippen LogP contribution >= 0.6 is 0 Å². The Kier molecular flexibility index (Phi) is 2.10. The molecule has 4 fully saturated rings. The van der Waals surface area contributed by atoms with E-state index in [1.54, 1.807) is 12.1 Å². The molecule has 4 saturated carbocycles. The van der Waals surface area contributed by atoms with Gasteiger partial charge < -0.3 is 4.57 Å². The van der Waals surface area contributed by atoms with E-state index < -0.39 is 0 Å². The Morgan fingerprint density at radius 3 is 2.17 bits per heavy atom. The van der Waals surface area contributed by atoms with Gasteiger partial charge in [-0.1, -0.05) is 0 Å². The molecular formula is C16H21NO. The third-order valence-electron chi connectivity index (χ3n) is 5.64. The zero-order valence-corrected chi connectivity index (χ0v) is 11.1. The van der Waals surface area contributed by atoms with Crippen LogP contribution < -0.4 is 5.43 Å². The van der Waals surface area contributed by atoms with E-state index in [1.165, 1.54) is 38.5 Å². The van der Waals surface area contributed by atoms with Crippen LogP contribution in [0.3, 0.4) is 0 Å². The van der Waals surface area contributed by atoms with Crippen LogP contribution in [0.5, 0.6) is 0 Å². The van der Waals surface area contributed by atoms with Gasteiger partial charge in [-0.15, -0.1) is 0 Å². The Bertz CT molecular complexity index is 507. The molecule has 0 spiro atoms. The average molecular weight is 243 g/mol. The van der Waals surface area contributed by atoms with Gasteiger partial charge in [0.05, 0.1) is 0 Å². The average Bonchev–Trinajstić information content (AvgIpc) is 2.26. The Morgan fingerprint density at radius 2 is 1.67 bits per heavy atom. The minimum absolute atomic E-state index is 0.147. The summed E-state index contributed by atoms with van der Waals surface area (Å²) in [6, 6.07) is 3.55. The zero-order valence-electron chi connectivity index (χ0n) is 11.1. The molecule has 5 rings (SSSR count). The Hall–Kier alpha value is -1.05. The first-order chi connectivity index (χ1) is 8.64. The van der Waals surface area contributed by atoms with Crippen LogP contribution in [0.2, 0.25) is 0 Å². The van der Waals surface area contributed by atoms with Crippen molar-refractivity contribution in [3.8, 4) is 0 Å². The number of hydrogen-bond donors (Lipinski definition) is 0. The van der Waals surface area contributed by atoms with Crippen molar-refractivity contribution in [2.45, 2.75) is 51.0 Å². The molecule has 4 aliphatic rings. The van der Waals surface area contributed by atoms with E-state index in [4.69, 9.17) is 0 Å². The molecule has 0 radical (unpaired) electrons. The molecule has 1 aromatic heterocycles. The van der Waals surface area contributed by atoms with Crippen molar-refractivity contribution in [2.75, 3.05) is 0 Å². The van der Waals surface area contributed by atoms with Crippen molar-refractivity contribution in [3.05, 3.63) is 34.2 Å². The molecule has 96 valence electrons. The molecule has 0 amide bonds. The van der Waals surface area contributed by atoms with Gasteiger partial charge in [0, 0.05) is 29.6 Å². The highest BCUT2D eigenvalue weighted by Crippen LogP contribution is 2.58. The first kappa shape index (κ1) is 10.8. The topological polar surface area (TPSA) is 22.0 Å². The lowest BCUT2D eigenvalue weighted by molar-refractivity contribution is -0.0442. The van der Waals surface area contributed by atoms with Gasteiger partial charge in [0.1, 0.15) is 0 Å². The lowest BCUT2D eigenvalue weighted by atomic mass is 9.53. The van der Waals surface area contributed by atoms with Crippen molar-refractivity contribution in [3.63, 3.8) is 0 Å². The highest BCUT2D eigenvalue weighted by Gasteiger charge is 2.51. The fourth-order valence-corrected chi connectivity index (χ4v) is 5.48. The molecule has 0 aliphatic heterocycles. The standard InChI is InChI=1S/C16H21NO/c1-11-4-15(18)2-3-17(11)16-8-12-5-13(9-16)7-14(6-12)10-16/h2-4,12-14H,5-10H2,1H3. The van der Waals surface area contributed by atoms with Crippen LogP contribution in [0.25, 0.3) is 0 Å². The van der Waals surface area contributed by atoms with Gasteiger partial charge >= 0.3 is 0 Å². The second-order valence-electron chi connectivity index (χ2n) is 7.02. The smallest absolute Gasteiger partial charge is 0.181 e. The summed E-state index contributed by atoms with van der Waals surface area (Å²) in [5.41, 5.74) is 1.66. The van der Waals surface area contributed by atoms with Crippen LogP contribution in [0.4, 0.5) is 0 Å². The molecule has 2 heteroatoms. The largest absolute Gasteiger partial charge is 0.345 e. The normalized spacial score (nSPS) is 41.3. The fraction of sp³-hybridized carbons (Fsp3) is 0.688. The van der Waals surface area contributed by atoms with Crippen LogP contribution in [0, 0.1) is 24.7 Å². The monoisotopic (exact) mass is 243 g/mol.